The molecule has 1 aromatic heterocycles. The van der Waals surface area contributed by atoms with Crippen molar-refractivity contribution in [1.29, 1.82) is 0 Å². The number of hydrogen-bond acceptors (Lipinski definition) is 3. The highest BCUT2D eigenvalue weighted by Crippen LogP contribution is 2.31. The monoisotopic (exact) mass is 281 g/mol. The third kappa shape index (κ3) is 2.33. The SMILES string of the molecule is Br.Cc1cnccc1-c1ccc(O)c(O)c1. The van der Waals surface area contributed by atoms with E-state index in [4.69, 9.17) is 0 Å². The molecule has 2 aromatic rings. The number of benzene rings is 1. The molecule has 0 aliphatic rings. The summed E-state index contributed by atoms with van der Waals surface area (Å²) in [6.45, 7) is 1.95. The van der Waals surface area contributed by atoms with Gasteiger partial charge in [-0.2, -0.15) is 0 Å². The molecule has 0 spiro atoms. The van der Waals surface area contributed by atoms with Crippen molar-refractivity contribution in [3.8, 4) is 22.6 Å². The highest BCUT2D eigenvalue weighted by molar-refractivity contribution is 8.93. The van der Waals surface area contributed by atoms with Crippen LogP contribution in [0.5, 0.6) is 11.5 Å². The normalized spacial score (nSPS) is 9.56. The van der Waals surface area contributed by atoms with Gasteiger partial charge in [-0.3, -0.25) is 4.98 Å². The maximum Gasteiger partial charge on any atom is 0.158 e. The summed E-state index contributed by atoms with van der Waals surface area (Å²) in [5.41, 5.74) is 2.90. The van der Waals surface area contributed by atoms with Crippen molar-refractivity contribution in [2.75, 3.05) is 0 Å². The molecule has 0 fully saturated rings. The summed E-state index contributed by atoms with van der Waals surface area (Å²) in [7, 11) is 0. The van der Waals surface area contributed by atoms with E-state index in [1.807, 2.05) is 13.0 Å². The third-order valence-corrected chi connectivity index (χ3v) is 2.31. The lowest BCUT2D eigenvalue weighted by molar-refractivity contribution is 0.404. The molecule has 0 radical (unpaired) electrons. The molecule has 0 saturated carbocycles. The van der Waals surface area contributed by atoms with Gasteiger partial charge in [-0.05, 0) is 41.8 Å². The summed E-state index contributed by atoms with van der Waals surface area (Å²) in [6, 6.07) is 6.65. The van der Waals surface area contributed by atoms with Crippen LogP contribution in [-0.2, 0) is 0 Å². The number of aromatic hydroxyl groups is 2. The average molecular weight is 282 g/mol. The van der Waals surface area contributed by atoms with Gasteiger partial charge in [-0.25, -0.2) is 0 Å². The number of rotatable bonds is 1. The molecule has 3 nitrogen and oxygen atoms in total. The smallest absolute Gasteiger partial charge is 0.158 e. The molecule has 0 aliphatic heterocycles. The molecular weight excluding hydrogens is 270 g/mol. The van der Waals surface area contributed by atoms with Crippen molar-refractivity contribution in [1.82, 2.24) is 4.98 Å². The van der Waals surface area contributed by atoms with E-state index in [0.717, 1.165) is 16.7 Å². The van der Waals surface area contributed by atoms with Gasteiger partial charge in [0.1, 0.15) is 0 Å². The van der Waals surface area contributed by atoms with Crippen molar-refractivity contribution in [2.24, 2.45) is 0 Å². The van der Waals surface area contributed by atoms with E-state index in [1.165, 1.54) is 12.1 Å². The van der Waals surface area contributed by atoms with Crippen LogP contribution >= 0.6 is 17.0 Å². The Morgan fingerprint density at radius 3 is 2.44 bits per heavy atom. The average Bonchev–Trinajstić information content (AvgIpc) is 2.23. The van der Waals surface area contributed by atoms with Crippen LogP contribution in [0.25, 0.3) is 11.1 Å². The zero-order valence-electron chi connectivity index (χ0n) is 8.71. The number of aryl methyl sites for hydroxylation is 1. The molecule has 0 amide bonds. The molecule has 4 heteroatoms. The quantitative estimate of drug-likeness (QED) is 0.790. The van der Waals surface area contributed by atoms with E-state index in [1.54, 1.807) is 18.5 Å². The second kappa shape index (κ2) is 4.99. The number of hydrogen-bond donors (Lipinski definition) is 2. The second-order valence-electron chi connectivity index (χ2n) is 3.39. The summed E-state index contributed by atoms with van der Waals surface area (Å²) >= 11 is 0. The Hall–Kier alpha value is -1.55. The maximum atomic E-state index is 9.39. The zero-order valence-corrected chi connectivity index (χ0v) is 10.4. The van der Waals surface area contributed by atoms with Crippen LogP contribution in [0.3, 0.4) is 0 Å². The van der Waals surface area contributed by atoms with Gasteiger partial charge in [0.2, 0.25) is 0 Å². The first-order chi connectivity index (χ1) is 7.18. The Morgan fingerprint density at radius 1 is 1.06 bits per heavy atom. The fourth-order valence-electron chi connectivity index (χ4n) is 1.49. The third-order valence-electron chi connectivity index (χ3n) is 2.31. The number of aromatic nitrogens is 1. The first-order valence-electron chi connectivity index (χ1n) is 4.61. The predicted octanol–water partition coefficient (Wildman–Crippen LogP) is 3.05. The summed E-state index contributed by atoms with van der Waals surface area (Å²) < 4.78 is 0. The largest absolute Gasteiger partial charge is 0.504 e. The van der Waals surface area contributed by atoms with E-state index in [0.29, 0.717) is 0 Å². The van der Waals surface area contributed by atoms with Crippen LogP contribution in [0.15, 0.2) is 36.7 Å². The van der Waals surface area contributed by atoms with E-state index in [-0.39, 0.29) is 28.5 Å². The van der Waals surface area contributed by atoms with Crippen molar-refractivity contribution in [2.45, 2.75) is 6.92 Å². The highest BCUT2D eigenvalue weighted by atomic mass is 79.9. The lowest BCUT2D eigenvalue weighted by atomic mass is 10.0. The van der Waals surface area contributed by atoms with Crippen LogP contribution in [0, 0.1) is 6.92 Å². The molecule has 1 heterocycles. The first-order valence-corrected chi connectivity index (χ1v) is 4.61. The van der Waals surface area contributed by atoms with Crippen LogP contribution < -0.4 is 0 Å². The number of pyridine rings is 1. The van der Waals surface area contributed by atoms with Crippen molar-refractivity contribution < 1.29 is 10.2 Å². The minimum absolute atomic E-state index is 0. The maximum absolute atomic E-state index is 9.39. The van der Waals surface area contributed by atoms with Gasteiger partial charge in [0.25, 0.3) is 0 Å². The molecule has 0 saturated heterocycles. The Kier molecular flexibility index (Phi) is 3.90. The summed E-state index contributed by atoms with van der Waals surface area (Å²) in [4.78, 5) is 4.00. The first kappa shape index (κ1) is 12.5. The molecule has 1 aromatic carbocycles. The molecule has 0 unspecified atom stereocenters. The standard InChI is InChI=1S/C12H11NO2.BrH/c1-8-7-13-5-4-10(8)9-2-3-11(14)12(15)6-9;/h2-7,14-15H,1H3;1H. The number of halogens is 1. The Morgan fingerprint density at radius 2 is 1.81 bits per heavy atom. The lowest BCUT2D eigenvalue weighted by Crippen LogP contribution is -1.84. The highest BCUT2D eigenvalue weighted by Gasteiger charge is 2.04. The summed E-state index contributed by atoms with van der Waals surface area (Å²) in [6.07, 6.45) is 3.46. The van der Waals surface area contributed by atoms with E-state index >= 15 is 0 Å². The molecule has 2 N–H and O–H groups in total. The Balaban J connectivity index is 0.00000128. The van der Waals surface area contributed by atoms with Crippen LogP contribution in [0.1, 0.15) is 5.56 Å². The second-order valence-corrected chi connectivity index (χ2v) is 3.39. The zero-order chi connectivity index (χ0) is 10.8. The van der Waals surface area contributed by atoms with Crippen molar-refractivity contribution in [3.63, 3.8) is 0 Å². The van der Waals surface area contributed by atoms with Crippen molar-refractivity contribution in [3.05, 3.63) is 42.2 Å². The molecule has 0 bridgehead atoms. The van der Waals surface area contributed by atoms with Gasteiger partial charge in [0.05, 0.1) is 0 Å². The minimum Gasteiger partial charge on any atom is -0.504 e. The molecule has 16 heavy (non-hydrogen) atoms. The molecule has 2 rings (SSSR count). The Bertz CT molecular complexity index is 500. The van der Waals surface area contributed by atoms with Gasteiger partial charge in [0, 0.05) is 12.4 Å². The van der Waals surface area contributed by atoms with Gasteiger partial charge in [0.15, 0.2) is 11.5 Å². The van der Waals surface area contributed by atoms with Crippen LogP contribution in [0.2, 0.25) is 0 Å². The number of phenolic OH excluding ortho intramolecular Hbond substituents is 2. The van der Waals surface area contributed by atoms with Gasteiger partial charge < -0.3 is 10.2 Å². The van der Waals surface area contributed by atoms with Crippen LogP contribution in [0.4, 0.5) is 0 Å². The fourth-order valence-corrected chi connectivity index (χ4v) is 1.49. The minimum atomic E-state index is -0.108. The van der Waals surface area contributed by atoms with E-state index in [2.05, 4.69) is 4.98 Å². The van der Waals surface area contributed by atoms with E-state index in [9.17, 15) is 10.2 Å². The molecular formula is C12H12BrNO2. The molecule has 84 valence electrons. The molecule has 0 atom stereocenters. The predicted molar refractivity (Wildman–Crippen MR) is 68.1 cm³/mol. The number of nitrogens with zero attached hydrogens (tertiary/aromatic N) is 1. The van der Waals surface area contributed by atoms with E-state index < -0.39 is 0 Å². The van der Waals surface area contributed by atoms with Gasteiger partial charge in [-0.15, -0.1) is 17.0 Å². The topological polar surface area (TPSA) is 53.4 Å². The molecule has 0 aliphatic carbocycles. The Labute approximate surface area is 104 Å². The fraction of sp³-hybridized carbons (Fsp3) is 0.0833. The van der Waals surface area contributed by atoms with Crippen LogP contribution in [-0.4, -0.2) is 15.2 Å². The number of phenols is 2. The van der Waals surface area contributed by atoms with Gasteiger partial charge in [-0.1, -0.05) is 6.07 Å². The summed E-state index contributed by atoms with van der Waals surface area (Å²) in [5.74, 6) is -0.214. The van der Waals surface area contributed by atoms with Gasteiger partial charge >= 0.3 is 0 Å². The lowest BCUT2D eigenvalue weighted by Gasteiger charge is -2.06. The summed E-state index contributed by atoms with van der Waals surface area (Å²) in [5, 5.41) is 18.6. The van der Waals surface area contributed by atoms with Crippen molar-refractivity contribution >= 4 is 17.0 Å².